The predicted molar refractivity (Wildman–Crippen MR) is 90.6 cm³/mol. The molecule has 0 aliphatic heterocycles. The van der Waals surface area contributed by atoms with Gasteiger partial charge in [0.15, 0.2) is 0 Å². The van der Waals surface area contributed by atoms with E-state index in [2.05, 4.69) is 30.3 Å². The van der Waals surface area contributed by atoms with Crippen molar-refractivity contribution in [1.29, 1.82) is 0 Å². The summed E-state index contributed by atoms with van der Waals surface area (Å²) >= 11 is 6.25. The van der Waals surface area contributed by atoms with Crippen LogP contribution in [0.25, 0.3) is 11.1 Å². The standard InChI is InChI=1S/C19H22ClN/c20-19-12-17(10-11-18(19)13-21)16-8-6-15(7-9-16)14-4-2-1-3-5-14/h6-12,14H,1-5,13,21H2. The van der Waals surface area contributed by atoms with Crippen LogP contribution >= 0.6 is 11.6 Å². The maximum absolute atomic E-state index is 6.25. The first-order valence-corrected chi connectivity index (χ1v) is 8.24. The van der Waals surface area contributed by atoms with Gasteiger partial charge in [0.2, 0.25) is 0 Å². The third-order valence-electron chi connectivity index (χ3n) is 4.59. The van der Waals surface area contributed by atoms with Gasteiger partial charge in [-0.05, 0) is 47.1 Å². The molecule has 0 bridgehead atoms. The highest BCUT2D eigenvalue weighted by Crippen LogP contribution is 2.34. The summed E-state index contributed by atoms with van der Waals surface area (Å²) in [6.45, 7) is 0.486. The largest absolute Gasteiger partial charge is 0.326 e. The Bertz CT molecular complexity index is 597. The van der Waals surface area contributed by atoms with Gasteiger partial charge in [-0.1, -0.05) is 67.3 Å². The summed E-state index contributed by atoms with van der Waals surface area (Å²) in [5.41, 5.74) is 10.5. The summed E-state index contributed by atoms with van der Waals surface area (Å²) in [6.07, 6.45) is 6.85. The van der Waals surface area contributed by atoms with Crippen molar-refractivity contribution in [3.63, 3.8) is 0 Å². The van der Waals surface area contributed by atoms with Gasteiger partial charge in [-0.15, -0.1) is 0 Å². The van der Waals surface area contributed by atoms with E-state index in [1.807, 2.05) is 12.1 Å². The Hall–Kier alpha value is -1.31. The highest BCUT2D eigenvalue weighted by atomic mass is 35.5. The smallest absolute Gasteiger partial charge is 0.0457 e. The van der Waals surface area contributed by atoms with Gasteiger partial charge in [0.25, 0.3) is 0 Å². The van der Waals surface area contributed by atoms with E-state index in [0.29, 0.717) is 6.54 Å². The SMILES string of the molecule is NCc1ccc(-c2ccc(C3CCCCC3)cc2)cc1Cl. The summed E-state index contributed by atoms with van der Waals surface area (Å²) in [5, 5.41) is 0.756. The number of nitrogens with two attached hydrogens (primary N) is 1. The van der Waals surface area contributed by atoms with Gasteiger partial charge < -0.3 is 5.73 Å². The highest BCUT2D eigenvalue weighted by molar-refractivity contribution is 6.31. The first kappa shape index (κ1) is 14.6. The zero-order valence-corrected chi connectivity index (χ0v) is 13.1. The van der Waals surface area contributed by atoms with Crippen molar-refractivity contribution < 1.29 is 0 Å². The minimum Gasteiger partial charge on any atom is -0.326 e. The Morgan fingerprint density at radius 2 is 1.57 bits per heavy atom. The Balaban J connectivity index is 1.81. The van der Waals surface area contributed by atoms with Crippen LogP contribution in [0.2, 0.25) is 5.02 Å². The number of hydrogen-bond donors (Lipinski definition) is 1. The van der Waals surface area contributed by atoms with E-state index in [-0.39, 0.29) is 0 Å². The fourth-order valence-corrected chi connectivity index (χ4v) is 3.53. The van der Waals surface area contributed by atoms with Crippen molar-refractivity contribution in [3.05, 3.63) is 58.6 Å². The fraction of sp³-hybridized carbons (Fsp3) is 0.368. The number of rotatable bonds is 3. The maximum atomic E-state index is 6.25. The van der Waals surface area contributed by atoms with Gasteiger partial charge >= 0.3 is 0 Å². The molecule has 0 heterocycles. The Labute approximate surface area is 132 Å². The van der Waals surface area contributed by atoms with Crippen LogP contribution < -0.4 is 5.73 Å². The van der Waals surface area contributed by atoms with Crippen molar-refractivity contribution in [2.45, 2.75) is 44.6 Å². The monoisotopic (exact) mass is 299 g/mol. The van der Waals surface area contributed by atoms with E-state index >= 15 is 0 Å². The lowest BCUT2D eigenvalue weighted by Gasteiger charge is -2.22. The molecular formula is C19H22ClN. The summed E-state index contributed by atoms with van der Waals surface area (Å²) < 4.78 is 0. The molecule has 0 saturated heterocycles. The van der Waals surface area contributed by atoms with Crippen LogP contribution in [0, 0.1) is 0 Å². The molecule has 2 N–H and O–H groups in total. The van der Waals surface area contributed by atoms with Crippen LogP contribution in [0.4, 0.5) is 0 Å². The molecule has 0 aromatic heterocycles. The molecule has 1 saturated carbocycles. The van der Waals surface area contributed by atoms with E-state index in [1.165, 1.54) is 43.2 Å². The van der Waals surface area contributed by atoms with Crippen molar-refractivity contribution in [2.24, 2.45) is 5.73 Å². The first-order chi connectivity index (χ1) is 10.3. The average molecular weight is 300 g/mol. The quantitative estimate of drug-likeness (QED) is 0.794. The molecule has 0 spiro atoms. The molecule has 2 heteroatoms. The second-order valence-electron chi connectivity index (χ2n) is 5.97. The van der Waals surface area contributed by atoms with Crippen molar-refractivity contribution >= 4 is 11.6 Å². The Morgan fingerprint density at radius 1 is 0.905 bits per heavy atom. The minimum atomic E-state index is 0.486. The molecule has 2 aromatic carbocycles. The van der Waals surface area contributed by atoms with E-state index in [1.54, 1.807) is 0 Å². The lowest BCUT2D eigenvalue weighted by Crippen LogP contribution is -2.04. The van der Waals surface area contributed by atoms with Crippen molar-refractivity contribution in [2.75, 3.05) is 0 Å². The molecule has 2 aromatic rings. The molecule has 0 amide bonds. The molecular weight excluding hydrogens is 278 g/mol. The third kappa shape index (κ3) is 3.30. The van der Waals surface area contributed by atoms with Crippen molar-refractivity contribution in [1.82, 2.24) is 0 Å². The molecule has 1 fully saturated rings. The topological polar surface area (TPSA) is 26.0 Å². The Morgan fingerprint density at radius 3 is 2.19 bits per heavy atom. The van der Waals surface area contributed by atoms with Crippen LogP contribution in [-0.2, 0) is 6.54 Å². The third-order valence-corrected chi connectivity index (χ3v) is 4.95. The molecule has 110 valence electrons. The van der Waals surface area contributed by atoms with E-state index in [4.69, 9.17) is 17.3 Å². The Kier molecular flexibility index (Phi) is 4.62. The van der Waals surface area contributed by atoms with Crippen LogP contribution in [0.1, 0.15) is 49.1 Å². The van der Waals surface area contributed by atoms with Crippen LogP contribution in [0.3, 0.4) is 0 Å². The molecule has 0 radical (unpaired) electrons. The van der Waals surface area contributed by atoms with Gasteiger partial charge in [-0.2, -0.15) is 0 Å². The zero-order chi connectivity index (χ0) is 14.7. The summed E-state index contributed by atoms with van der Waals surface area (Å²) in [5.74, 6) is 0.760. The highest BCUT2D eigenvalue weighted by Gasteiger charge is 2.15. The predicted octanol–water partition coefficient (Wildman–Crippen LogP) is 5.51. The lowest BCUT2D eigenvalue weighted by molar-refractivity contribution is 0.443. The van der Waals surface area contributed by atoms with Crippen LogP contribution in [0.5, 0.6) is 0 Å². The van der Waals surface area contributed by atoms with Crippen LogP contribution in [0.15, 0.2) is 42.5 Å². The first-order valence-electron chi connectivity index (χ1n) is 7.87. The number of halogens is 1. The normalized spacial score (nSPS) is 16.1. The van der Waals surface area contributed by atoms with Crippen LogP contribution in [-0.4, -0.2) is 0 Å². The maximum Gasteiger partial charge on any atom is 0.0457 e. The van der Waals surface area contributed by atoms with E-state index in [9.17, 15) is 0 Å². The van der Waals surface area contributed by atoms with Gasteiger partial charge in [0.1, 0.15) is 0 Å². The second-order valence-corrected chi connectivity index (χ2v) is 6.37. The molecule has 1 aliphatic carbocycles. The van der Waals surface area contributed by atoms with E-state index < -0.39 is 0 Å². The average Bonchev–Trinajstić information content (AvgIpc) is 2.56. The summed E-state index contributed by atoms with van der Waals surface area (Å²) in [7, 11) is 0. The van der Waals surface area contributed by atoms with Gasteiger partial charge in [-0.25, -0.2) is 0 Å². The molecule has 1 nitrogen and oxygen atoms in total. The molecule has 0 atom stereocenters. The van der Waals surface area contributed by atoms with Crippen molar-refractivity contribution in [3.8, 4) is 11.1 Å². The van der Waals surface area contributed by atoms with E-state index in [0.717, 1.165) is 22.1 Å². The fourth-order valence-electron chi connectivity index (χ4n) is 3.28. The molecule has 0 unspecified atom stereocenters. The van der Waals surface area contributed by atoms with Gasteiger partial charge in [0.05, 0.1) is 0 Å². The van der Waals surface area contributed by atoms with Gasteiger partial charge in [-0.3, -0.25) is 0 Å². The molecule has 21 heavy (non-hydrogen) atoms. The minimum absolute atomic E-state index is 0.486. The summed E-state index contributed by atoms with van der Waals surface area (Å²) in [4.78, 5) is 0. The zero-order valence-electron chi connectivity index (χ0n) is 12.3. The number of benzene rings is 2. The second kappa shape index (κ2) is 6.64. The molecule has 3 rings (SSSR count). The lowest BCUT2D eigenvalue weighted by atomic mass is 9.84. The molecule has 1 aliphatic rings. The number of hydrogen-bond acceptors (Lipinski definition) is 1. The summed E-state index contributed by atoms with van der Waals surface area (Å²) in [6, 6.07) is 15.2. The van der Waals surface area contributed by atoms with Gasteiger partial charge in [0, 0.05) is 11.6 Å².